The van der Waals surface area contributed by atoms with E-state index in [1.807, 2.05) is 30.3 Å². The lowest BCUT2D eigenvalue weighted by Gasteiger charge is -2.35. The summed E-state index contributed by atoms with van der Waals surface area (Å²) in [6.45, 7) is 8.92. The van der Waals surface area contributed by atoms with Crippen LogP contribution in [-0.2, 0) is 6.61 Å². The Morgan fingerprint density at radius 2 is 1.86 bits per heavy atom. The fourth-order valence-corrected chi connectivity index (χ4v) is 3.15. The maximum Gasteiger partial charge on any atom is 0.186 e. The third-order valence-corrected chi connectivity index (χ3v) is 5.14. The molecule has 0 radical (unpaired) electrons. The topological polar surface area (TPSA) is 36.4 Å². The zero-order chi connectivity index (χ0) is 15.6. The van der Waals surface area contributed by atoms with E-state index in [4.69, 9.17) is 4.98 Å². The molecule has 0 amide bonds. The highest BCUT2D eigenvalue weighted by Crippen LogP contribution is 2.35. The van der Waals surface area contributed by atoms with E-state index in [0.717, 1.165) is 21.3 Å². The van der Waals surface area contributed by atoms with Crippen LogP contribution in [0.5, 0.6) is 0 Å². The molecule has 21 heavy (non-hydrogen) atoms. The highest BCUT2D eigenvalue weighted by atomic mass is 32.1. The van der Waals surface area contributed by atoms with Gasteiger partial charge in [0.2, 0.25) is 0 Å². The Morgan fingerprint density at radius 3 is 2.38 bits per heavy atom. The first-order valence-corrected chi connectivity index (χ1v) is 8.05. The second-order valence-corrected chi connectivity index (χ2v) is 7.51. The van der Waals surface area contributed by atoms with Gasteiger partial charge < -0.3 is 10.0 Å². The van der Waals surface area contributed by atoms with Crippen LogP contribution in [0, 0.1) is 5.41 Å². The Balaban J connectivity index is 2.38. The summed E-state index contributed by atoms with van der Waals surface area (Å²) in [6.07, 6.45) is 0. The van der Waals surface area contributed by atoms with E-state index in [9.17, 15) is 5.11 Å². The summed E-state index contributed by atoms with van der Waals surface area (Å²) in [5.41, 5.74) is 2.12. The number of thiazole rings is 1. The van der Waals surface area contributed by atoms with Gasteiger partial charge in [-0.2, -0.15) is 0 Å². The number of hydrogen-bond acceptors (Lipinski definition) is 4. The van der Waals surface area contributed by atoms with E-state index in [2.05, 4.69) is 39.6 Å². The monoisotopic (exact) mass is 304 g/mol. The fourth-order valence-electron chi connectivity index (χ4n) is 2.17. The Kier molecular flexibility index (Phi) is 4.69. The van der Waals surface area contributed by atoms with Gasteiger partial charge >= 0.3 is 0 Å². The van der Waals surface area contributed by atoms with Gasteiger partial charge in [-0.05, 0) is 12.3 Å². The molecule has 0 aliphatic heterocycles. The molecule has 0 aliphatic rings. The molecule has 0 aliphatic carbocycles. The number of nitrogens with zero attached hydrogens (tertiary/aromatic N) is 2. The van der Waals surface area contributed by atoms with E-state index < -0.39 is 0 Å². The van der Waals surface area contributed by atoms with Gasteiger partial charge in [0.15, 0.2) is 5.13 Å². The SMILES string of the molecule is CC(N(C)c1nc(-c2ccccc2)c(CO)s1)C(C)(C)C. The average molecular weight is 304 g/mol. The minimum atomic E-state index is 0.0274. The number of aliphatic hydroxyl groups is 1. The van der Waals surface area contributed by atoms with Crippen LogP contribution in [0.25, 0.3) is 11.3 Å². The van der Waals surface area contributed by atoms with Crippen LogP contribution >= 0.6 is 11.3 Å². The van der Waals surface area contributed by atoms with Crippen LogP contribution < -0.4 is 4.90 Å². The largest absolute Gasteiger partial charge is 0.391 e. The molecule has 114 valence electrons. The number of aromatic nitrogens is 1. The molecular formula is C17H24N2OS. The van der Waals surface area contributed by atoms with Crippen molar-refractivity contribution in [2.24, 2.45) is 5.41 Å². The molecule has 1 aromatic heterocycles. The van der Waals surface area contributed by atoms with E-state index in [1.54, 1.807) is 11.3 Å². The number of benzene rings is 1. The number of aliphatic hydroxyl groups excluding tert-OH is 1. The molecule has 0 bridgehead atoms. The quantitative estimate of drug-likeness (QED) is 0.921. The Labute approximate surface area is 131 Å². The van der Waals surface area contributed by atoms with Crippen molar-refractivity contribution >= 4 is 16.5 Å². The Hall–Kier alpha value is -1.39. The number of hydrogen-bond donors (Lipinski definition) is 1. The molecule has 1 N–H and O–H groups in total. The van der Waals surface area contributed by atoms with Crippen LogP contribution in [0.1, 0.15) is 32.6 Å². The number of rotatable bonds is 4. The molecule has 2 rings (SSSR count). The van der Waals surface area contributed by atoms with Crippen LogP contribution in [0.3, 0.4) is 0 Å². The maximum atomic E-state index is 9.63. The van der Waals surface area contributed by atoms with Crippen molar-refractivity contribution in [1.82, 2.24) is 4.98 Å². The first kappa shape index (κ1) is 16.0. The lowest BCUT2D eigenvalue weighted by atomic mass is 9.87. The molecule has 0 spiro atoms. The second kappa shape index (κ2) is 6.16. The molecule has 1 aromatic carbocycles. The third-order valence-electron chi connectivity index (χ3n) is 4.01. The molecule has 3 nitrogen and oxygen atoms in total. The normalized spacial score (nSPS) is 13.2. The van der Waals surface area contributed by atoms with Crippen LogP contribution in [0.2, 0.25) is 0 Å². The van der Waals surface area contributed by atoms with E-state index in [1.165, 1.54) is 0 Å². The minimum Gasteiger partial charge on any atom is -0.391 e. The lowest BCUT2D eigenvalue weighted by molar-refractivity contribution is 0.286. The standard InChI is InChI=1S/C17H24N2OS/c1-12(17(2,3)4)19(5)16-18-15(14(11-20)21-16)13-9-7-6-8-10-13/h6-10,12,20H,11H2,1-5H3. The molecule has 1 atom stereocenters. The van der Waals surface area contributed by atoms with E-state index in [-0.39, 0.29) is 12.0 Å². The molecule has 0 saturated carbocycles. The second-order valence-electron chi connectivity index (χ2n) is 6.45. The lowest BCUT2D eigenvalue weighted by Crippen LogP contribution is -2.39. The predicted molar refractivity (Wildman–Crippen MR) is 90.8 cm³/mol. The van der Waals surface area contributed by atoms with Gasteiger partial charge in [-0.1, -0.05) is 62.4 Å². The molecular weight excluding hydrogens is 280 g/mol. The van der Waals surface area contributed by atoms with Crippen molar-refractivity contribution in [1.29, 1.82) is 0 Å². The minimum absolute atomic E-state index is 0.0274. The van der Waals surface area contributed by atoms with Gasteiger partial charge in [0, 0.05) is 18.7 Å². The molecule has 0 saturated heterocycles. The van der Waals surface area contributed by atoms with Crippen molar-refractivity contribution in [3.63, 3.8) is 0 Å². The molecule has 0 fully saturated rings. The molecule has 4 heteroatoms. The molecule has 1 heterocycles. The molecule has 2 aromatic rings. The van der Waals surface area contributed by atoms with Gasteiger partial charge in [-0.25, -0.2) is 4.98 Å². The van der Waals surface area contributed by atoms with Crippen LogP contribution in [-0.4, -0.2) is 23.2 Å². The summed E-state index contributed by atoms with van der Waals surface area (Å²) < 4.78 is 0. The van der Waals surface area contributed by atoms with Crippen molar-refractivity contribution in [3.8, 4) is 11.3 Å². The summed E-state index contributed by atoms with van der Waals surface area (Å²) in [5.74, 6) is 0. The van der Waals surface area contributed by atoms with Crippen molar-refractivity contribution < 1.29 is 5.11 Å². The highest BCUT2D eigenvalue weighted by molar-refractivity contribution is 7.16. The zero-order valence-electron chi connectivity index (χ0n) is 13.4. The van der Waals surface area contributed by atoms with Crippen molar-refractivity contribution in [2.45, 2.75) is 40.3 Å². The first-order valence-electron chi connectivity index (χ1n) is 7.23. The third kappa shape index (κ3) is 3.44. The summed E-state index contributed by atoms with van der Waals surface area (Å²) in [4.78, 5) is 7.90. The molecule has 1 unspecified atom stereocenters. The predicted octanol–water partition coefficient (Wildman–Crippen LogP) is 4.17. The van der Waals surface area contributed by atoms with Crippen molar-refractivity contribution in [3.05, 3.63) is 35.2 Å². The fraction of sp³-hybridized carbons (Fsp3) is 0.471. The van der Waals surface area contributed by atoms with E-state index >= 15 is 0 Å². The summed E-state index contributed by atoms with van der Waals surface area (Å²) in [7, 11) is 2.07. The zero-order valence-corrected chi connectivity index (χ0v) is 14.2. The van der Waals surface area contributed by atoms with E-state index in [0.29, 0.717) is 6.04 Å². The Bertz CT molecular complexity index is 587. The summed E-state index contributed by atoms with van der Waals surface area (Å²) in [6, 6.07) is 10.4. The number of anilines is 1. The van der Waals surface area contributed by atoms with Gasteiger partial charge in [0.05, 0.1) is 17.2 Å². The average Bonchev–Trinajstić information content (AvgIpc) is 2.90. The van der Waals surface area contributed by atoms with Crippen LogP contribution in [0.4, 0.5) is 5.13 Å². The summed E-state index contributed by atoms with van der Waals surface area (Å²) >= 11 is 1.57. The summed E-state index contributed by atoms with van der Waals surface area (Å²) in [5, 5.41) is 10.6. The van der Waals surface area contributed by atoms with Crippen LogP contribution in [0.15, 0.2) is 30.3 Å². The Morgan fingerprint density at radius 1 is 1.24 bits per heavy atom. The maximum absolute atomic E-state index is 9.63. The van der Waals surface area contributed by atoms with Gasteiger partial charge in [0.25, 0.3) is 0 Å². The first-order chi connectivity index (χ1) is 9.84. The van der Waals surface area contributed by atoms with Gasteiger partial charge in [-0.3, -0.25) is 0 Å². The smallest absolute Gasteiger partial charge is 0.186 e. The van der Waals surface area contributed by atoms with Gasteiger partial charge in [-0.15, -0.1) is 0 Å². The van der Waals surface area contributed by atoms with Gasteiger partial charge in [0.1, 0.15) is 0 Å². The van der Waals surface area contributed by atoms with Crippen molar-refractivity contribution in [2.75, 3.05) is 11.9 Å². The highest BCUT2D eigenvalue weighted by Gasteiger charge is 2.26.